The van der Waals surface area contributed by atoms with Gasteiger partial charge in [0.2, 0.25) is 0 Å². The second-order valence-electron chi connectivity index (χ2n) is 5.25. The molecule has 1 saturated carbocycles. The standard InChI is InChI=1S/C12H20F3NO2/c1-8-4-3-5-9(6-8)16(2)10(7-11(17)18)12(13,14)15/h8-10H,3-7H2,1-2H3,(H,17,18). The summed E-state index contributed by atoms with van der Waals surface area (Å²) in [6, 6.07) is -2.05. The molecule has 18 heavy (non-hydrogen) atoms. The average molecular weight is 267 g/mol. The number of hydrogen-bond acceptors (Lipinski definition) is 2. The first-order valence-electron chi connectivity index (χ1n) is 6.22. The SMILES string of the molecule is CC1CCCC(N(C)C(CC(=O)O)C(F)(F)F)C1. The van der Waals surface area contributed by atoms with Gasteiger partial charge in [0.25, 0.3) is 0 Å². The van der Waals surface area contributed by atoms with Crippen molar-refractivity contribution in [1.29, 1.82) is 0 Å². The number of alkyl halides is 3. The Labute approximate surface area is 105 Å². The first-order valence-corrected chi connectivity index (χ1v) is 6.22. The third-order valence-corrected chi connectivity index (χ3v) is 3.72. The Kier molecular flexibility index (Phi) is 5.01. The van der Waals surface area contributed by atoms with Gasteiger partial charge < -0.3 is 5.11 Å². The normalized spacial score (nSPS) is 27.2. The van der Waals surface area contributed by atoms with E-state index in [-0.39, 0.29) is 6.04 Å². The van der Waals surface area contributed by atoms with Crippen LogP contribution < -0.4 is 0 Å². The topological polar surface area (TPSA) is 40.5 Å². The molecule has 0 aromatic carbocycles. The lowest BCUT2D eigenvalue weighted by Crippen LogP contribution is -2.50. The van der Waals surface area contributed by atoms with Gasteiger partial charge in [0.05, 0.1) is 6.42 Å². The number of aliphatic carboxylic acids is 1. The van der Waals surface area contributed by atoms with Crippen LogP contribution in [0.25, 0.3) is 0 Å². The summed E-state index contributed by atoms with van der Waals surface area (Å²) < 4.78 is 38.6. The highest BCUT2D eigenvalue weighted by molar-refractivity contribution is 5.67. The smallest absolute Gasteiger partial charge is 0.404 e. The summed E-state index contributed by atoms with van der Waals surface area (Å²) in [5.74, 6) is -1.00. The van der Waals surface area contributed by atoms with Crippen LogP contribution in [0, 0.1) is 5.92 Å². The summed E-state index contributed by atoms with van der Waals surface area (Å²) in [7, 11) is 1.39. The van der Waals surface area contributed by atoms with E-state index >= 15 is 0 Å². The molecule has 0 aromatic heterocycles. The summed E-state index contributed by atoms with van der Waals surface area (Å²) in [4.78, 5) is 11.8. The van der Waals surface area contributed by atoms with Gasteiger partial charge in [0, 0.05) is 6.04 Å². The number of hydrogen-bond donors (Lipinski definition) is 1. The van der Waals surface area contributed by atoms with Crippen LogP contribution in [-0.4, -0.2) is 41.3 Å². The maximum Gasteiger partial charge on any atom is 0.404 e. The Morgan fingerprint density at radius 2 is 2.06 bits per heavy atom. The lowest BCUT2D eigenvalue weighted by molar-refractivity contribution is -0.194. The van der Waals surface area contributed by atoms with E-state index in [1.54, 1.807) is 0 Å². The van der Waals surface area contributed by atoms with Gasteiger partial charge in [0.1, 0.15) is 6.04 Å². The number of rotatable bonds is 4. The molecule has 1 rings (SSSR count). The van der Waals surface area contributed by atoms with Gasteiger partial charge in [-0.05, 0) is 25.8 Å². The molecule has 0 heterocycles. The first-order chi connectivity index (χ1) is 8.21. The van der Waals surface area contributed by atoms with Crippen molar-refractivity contribution in [3.63, 3.8) is 0 Å². The van der Waals surface area contributed by atoms with E-state index in [4.69, 9.17) is 5.11 Å². The molecule has 0 radical (unpaired) electrons. The third-order valence-electron chi connectivity index (χ3n) is 3.72. The van der Waals surface area contributed by atoms with Crippen LogP contribution in [0.15, 0.2) is 0 Å². The van der Waals surface area contributed by atoms with Gasteiger partial charge in [-0.3, -0.25) is 9.69 Å². The number of carboxylic acids is 1. The summed E-state index contributed by atoms with van der Waals surface area (Å²) in [5.41, 5.74) is 0. The molecule has 0 amide bonds. The van der Waals surface area contributed by atoms with E-state index in [0.717, 1.165) is 12.8 Å². The zero-order valence-electron chi connectivity index (χ0n) is 10.7. The Morgan fingerprint density at radius 3 is 2.50 bits per heavy atom. The van der Waals surface area contributed by atoms with Crippen molar-refractivity contribution in [2.24, 2.45) is 5.92 Å². The fraction of sp³-hybridized carbons (Fsp3) is 0.917. The van der Waals surface area contributed by atoms with Gasteiger partial charge in [-0.15, -0.1) is 0 Å². The third kappa shape index (κ3) is 4.15. The molecule has 1 aliphatic rings. The van der Waals surface area contributed by atoms with E-state index in [9.17, 15) is 18.0 Å². The first kappa shape index (κ1) is 15.3. The molecule has 3 atom stereocenters. The number of nitrogens with zero attached hydrogens (tertiary/aromatic N) is 1. The molecule has 0 bridgehead atoms. The second-order valence-corrected chi connectivity index (χ2v) is 5.25. The number of carboxylic acid groups (broad SMARTS) is 1. The van der Waals surface area contributed by atoms with Gasteiger partial charge in [0.15, 0.2) is 0 Å². The van der Waals surface area contributed by atoms with E-state index in [2.05, 4.69) is 0 Å². The fourth-order valence-corrected chi connectivity index (χ4v) is 2.68. The number of halogens is 3. The molecular formula is C12H20F3NO2. The van der Waals surface area contributed by atoms with Gasteiger partial charge in [-0.2, -0.15) is 13.2 Å². The summed E-state index contributed by atoms with van der Waals surface area (Å²) in [6.45, 7) is 2.03. The predicted molar refractivity (Wildman–Crippen MR) is 61.3 cm³/mol. The van der Waals surface area contributed by atoms with E-state index < -0.39 is 24.6 Å². The molecular weight excluding hydrogens is 247 g/mol. The van der Waals surface area contributed by atoms with Crippen molar-refractivity contribution in [3.8, 4) is 0 Å². The molecule has 1 aliphatic carbocycles. The van der Waals surface area contributed by atoms with Crippen molar-refractivity contribution in [2.45, 2.75) is 57.3 Å². The maximum atomic E-state index is 12.9. The maximum absolute atomic E-state index is 12.9. The van der Waals surface area contributed by atoms with Crippen molar-refractivity contribution < 1.29 is 23.1 Å². The Bertz CT molecular complexity index is 294. The lowest BCUT2D eigenvalue weighted by atomic mass is 9.85. The second kappa shape index (κ2) is 5.91. The average Bonchev–Trinajstić information content (AvgIpc) is 2.23. The van der Waals surface area contributed by atoms with E-state index in [1.165, 1.54) is 11.9 Å². The summed E-state index contributed by atoms with van der Waals surface area (Å²) in [5, 5.41) is 8.62. The monoisotopic (exact) mass is 267 g/mol. The molecule has 3 unspecified atom stereocenters. The summed E-state index contributed by atoms with van der Waals surface area (Å²) in [6.07, 6.45) is -2.00. The largest absolute Gasteiger partial charge is 0.481 e. The van der Waals surface area contributed by atoms with Crippen LogP contribution in [0.2, 0.25) is 0 Å². The quantitative estimate of drug-likeness (QED) is 0.851. The van der Waals surface area contributed by atoms with Crippen LogP contribution in [0.3, 0.4) is 0 Å². The van der Waals surface area contributed by atoms with Gasteiger partial charge in [-0.1, -0.05) is 19.8 Å². The molecule has 1 fully saturated rings. The molecule has 1 N–H and O–H groups in total. The van der Waals surface area contributed by atoms with Crippen LogP contribution in [-0.2, 0) is 4.79 Å². The van der Waals surface area contributed by atoms with Crippen molar-refractivity contribution in [2.75, 3.05) is 7.05 Å². The minimum atomic E-state index is -4.49. The molecule has 6 heteroatoms. The zero-order chi connectivity index (χ0) is 13.9. The Hall–Kier alpha value is -0.780. The summed E-state index contributed by atoms with van der Waals surface area (Å²) >= 11 is 0. The molecule has 0 aliphatic heterocycles. The van der Waals surface area contributed by atoms with Crippen molar-refractivity contribution in [3.05, 3.63) is 0 Å². The minimum Gasteiger partial charge on any atom is -0.481 e. The van der Waals surface area contributed by atoms with Crippen LogP contribution >= 0.6 is 0 Å². The van der Waals surface area contributed by atoms with Crippen LogP contribution in [0.4, 0.5) is 13.2 Å². The molecule has 0 spiro atoms. The zero-order valence-corrected chi connectivity index (χ0v) is 10.7. The molecule has 3 nitrogen and oxygen atoms in total. The fourth-order valence-electron chi connectivity index (χ4n) is 2.68. The Morgan fingerprint density at radius 1 is 1.44 bits per heavy atom. The van der Waals surface area contributed by atoms with Crippen LogP contribution in [0.5, 0.6) is 0 Å². The van der Waals surface area contributed by atoms with Gasteiger partial charge in [-0.25, -0.2) is 0 Å². The predicted octanol–water partition coefficient (Wildman–Crippen LogP) is 2.90. The highest BCUT2D eigenvalue weighted by Crippen LogP contribution is 2.33. The molecule has 0 saturated heterocycles. The highest BCUT2D eigenvalue weighted by Gasteiger charge is 2.45. The molecule has 0 aromatic rings. The van der Waals surface area contributed by atoms with E-state index in [1.807, 2.05) is 6.92 Å². The van der Waals surface area contributed by atoms with E-state index in [0.29, 0.717) is 18.8 Å². The number of carbonyl (C=O) groups is 1. The Balaban J connectivity index is 2.74. The van der Waals surface area contributed by atoms with Crippen molar-refractivity contribution in [1.82, 2.24) is 4.90 Å². The molecule has 106 valence electrons. The highest BCUT2D eigenvalue weighted by atomic mass is 19.4. The van der Waals surface area contributed by atoms with Gasteiger partial charge >= 0.3 is 12.1 Å². The minimum absolute atomic E-state index is 0.167. The van der Waals surface area contributed by atoms with Crippen molar-refractivity contribution >= 4 is 5.97 Å². The van der Waals surface area contributed by atoms with Crippen LogP contribution in [0.1, 0.15) is 39.0 Å². The lowest BCUT2D eigenvalue weighted by Gasteiger charge is -2.39.